The molecular weight excluding hydrogens is 404 g/mol. The van der Waals surface area contributed by atoms with Gasteiger partial charge < -0.3 is 4.74 Å². The number of rotatable bonds is 5. The zero-order chi connectivity index (χ0) is 22.8. The molecule has 0 radical (unpaired) electrons. The Bertz CT molecular complexity index is 1410. The summed E-state index contributed by atoms with van der Waals surface area (Å²) in [6.07, 6.45) is 1.68. The topological polar surface area (TPSA) is 98.6 Å². The average Bonchev–Trinajstić information content (AvgIpc) is 3.12. The van der Waals surface area contributed by atoms with Crippen LogP contribution in [-0.2, 0) is 13.7 Å². The van der Waals surface area contributed by atoms with Gasteiger partial charge in [-0.2, -0.15) is 14.6 Å². The minimum atomic E-state index is -0.322. The molecule has 0 bridgehead atoms. The van der Waals surface area contributed by atoms with Crippen LogP contribution in [0.4, 0.5) is 0 Å². The Balaban J connectivity index is 1.68. The first kappa shape index (κ1) is 21.0. The summed E-state index contributed by atoms with van der Waals surface area (Å²) in [4.78, 5) is 16.8. The quantitative estimate of drug-likeness (QED) is 0.485. The van der Waals surface area contributed by atoms with E-state index in [1.807, 2.05) is 51.1 Å². The van der Waals surface area contributed by atoms with E-state index in [9.17, 15) is 10.1 Å². The van der Waals surface area contributed by atoms with E-state index in [0.29, 0.717) is 16.9 Å². The van der Waals surface area contributed by atoms with Crippen molar-refractivity contribution in [3.8, 4) is 28.8 Å². The van der Waals surface area contributed by atoms with Crippen molar-refractivity contribution < 1.29 is 4.74 Å². The molecule has 0 amide bonds. The standard InChI is InChI=1S/C24H22N6O2/c1-15-7-5-9-21(30-24(31)29(4)27-28-30)20(15)14-32-22-12-16(2)19(11-17(22)3)23-18(13-25)8-6-10-26-23/h5-12H,14H2,1-4H3. The number of ether oxygens (including phenoxy) is 1. The molecule has 4 rings (SSSR count). The summed E-state index contributed by atoms with van der Waals surface area (Å²) in [5.74, 6) is 0.724. The fraction of sp³-hybridized carbons (Fsp3) is 0.208. The third kappa shape index (κ3) is 3.76. The van der Waals surface area contributed by atoms with Gasteiger partial charge in [-0.05, 0) is 78.2 Å². The van der Waals surface area contributed by atoms with E-state index in [0.717, 1.165) is 33.6 Å². The molecule has 2 aromatic carbocycles. The molecular formula is C24H22N6O2. The zero-order valence-corrected chi connectivity index (χ0v) is 18.3. The minimum absolute atomic E-state index is 0.262. The van der Waals surface area contributed by atoms with E-state index in [-0.39, 0.29) is 12.3 Å². The number of benzene rings is 2. The van der Waals surface area contributed by atoms with Gasteiger partial charge in [-0.1, -0.05) is 12.1 Å². The highest BCUT2D eigenvalue weighted by atomic mass is 16.5. The van der Waals surface area contributed by atoms with Gasteiger partial charge in [-0.15, -0.1) is 0 Å². The average molecular weight is 426 g/mol. The van der Waals surface area contributed by atoms with Crippen LogP contribution in [0, 0.1) is 32.1 Å². The van der Waals surface area contributed by atoms with Gasteiger partial charge in [0.25, 0.3) is 0 Å². The molecule has 0 saturated heterocycles. The van der Waals surface area contributed by atoms with Gasteiger partial charge in [0.05, 0.1) is 16.9 Å². The number of nitriles is 1. The maximum Gasteiger partial charge on any atom is 0.368 e. The summed E-state index contributed by atoms with van der Waals surface area (Å²) >= 11 is 0. The molecule has 0 N–H and O–H groups in total. The van der Waals surface area contributed by atoms with Crippen LogP contribution in [0.1, 0.15) is 27.8 Å². The smallest absolute Gasteiger partial charge is 0.368 e. The van der Waals surface area contributed by atoms with Gasteiger partial charge in [-0.25, -0.2) is 4.79 Å². The van der Waals surface area contributed by atoms with E-state index in [1.54, 1.807) is 25.4 Å². The van der Waals surface area contributed by atoms with Crippen molar-refractivity contribution in [2.75, 3.05) is 0 Å². The summed E-state index contributed by atoms with van der Waals surface area (Å²) in [6.45, 7) is 6.15. The summed E-state index contributed by atoms with van der Waals surface area (Å²) < 4.78 is 8.65. The van der Waals surface area contributed by atoms with Crippen molar-refractivity contribution in [2.45, 2.75) is 27.4 Å². The Hall–Kier alpha value is -4.25. The molecule has 0 fully saturated rings. The number of hydrogen-bond acceptors (Lipinski definition) is 6. The van der Waals surface area contributed by atoms with Crippen LogP contribution in [0.25, 0.3) is 16.9 Å². The molecule has 160 valence electrons. The summed E-state index contributed by atoms with van der Waals surface area (Å²) in [6, 6.07) is 15.3. The molecule has 0 aliphatic rings. The summed E-state index contributed by atoms with van der Waals surface area (Å²) in [5.41, 5.74) is 6.12. The first-order chi connectivity index (χ1) is 15.4. The second kappa shape index (κ2) is 8.47. The first-order valence-corrected chi connectivity index (χ1v) is 10.1. The summed E-state index contributed by atoms with van der Waals surface area (Å²) in [5, 5.41) is 17.2. The molecule has 0 atom stereocenters. The maximum absolute atomic E-state index is 12.4. The van der Waals surface area contributed by atoms with Crippen LogP contribution < -0.4 is 10.4 Å². The second-order valence-corrected chi connectivity index (χ2v) is 7.60. The predicted octanol–water partition coefficient (Wildman–Crippen LogP) is 3.40. The van der Waals surface area contributed by atoms with Crippen molar-refractivity contribution in [1.29, 1.82) is 5.26 Å². The molecule has 4 aromatic rings. The third-order valence-electron chi connectivity index (χ3n) is 5.41. The molecule has 8 nitrogen and oxygen atoms in total. The van der Waals surface area contributed by atoms with Gasteiger partial charge in [0.1, 0.15) is 18.4 Å². The molecule has 2 aromatic heterocycles. The lowest BCUT2D eigenvalue weighted by Crippen LogP contribution is -2.23. The molecule has 0 aliphatic carbocycles. The third-order valence-corrected chi connectivity index (χ3v) is 5.41. The van der Waals surface area contributed by atoms with E-state index in [1.165, 1.54) is 9.36 Å². The molecule has 32 heavy (non-hydrogen) atoms. The van der Waals surface area contributed by atoms with Crippen molar-refractivity contribution in [3.63, 3.8) is 0 Å². The van der Waals surface area contributed by atoms with Gasteiger partial charge in [-0.3, -0.25) is 4.98 Å². The lowest BCUT2D eigenvalue weighted by atomic mass is 9.98. The first-order valence-electron chi connectivity index (χ1n) is 10.1. The summed E-state index contributed by atoms with van der Waals surface area (Å²) in [7, 11) is 1.56. The molecule has 8 heteroatoms. The molecule has 0 aliphatic heterocycles. The van der Waals surface area contributed by atoms with Gasteiger partial charge in [0.2, 0.25) is 0 Å². The molecule has 2 heterocycles. The van der Waals surface area contributed by atoms with Gasteiger partial charge >= 0.3 is 5.69 Å². The van der Waals surface area contributed by atoms with Crippen LogP contribution in [-0.4, -0.2) is 24.8 Å². The number of tetrazole rings is 1. The van der Waals surface area contributed by atoms with Crippen molar-refractivity contribution in [2.24, 2.45) is 7.05 Å². The van der Waals surface area contributed by atoms with Crippen LogP contribution in [0.5, 0.6) is 5.75 Å². The Morgan fingerprint density at radius 3 is 2.56 bits per heavy atom. The van der Waals surface area contributed by atoms with Gasteiger partial charge in [0, 0.05) is 24.4 Å². The van der Waals surface area contributed by atoms with E-state index >= 15 is 0 Å². The normalized spacial score (nSPS) is 10.7. The fourth-order valence-corrected chi connectivity index (χ4v) is 3.60. The maximum atomic E-state index is 12.4. The van der Waals surface area contributed by atoms with Crippen molar-refractivity contribution in [1.82, 2.24) is 24.8 Å². The molecule has 0 saturated carbocycles. The molecule has 0 unspecified atom stereocenters. The van der Waals surface area contributed by atoms with Crippen molar-refractivity contribution in [3.05, 3.63) is 87.0 Å². The molecule has 0 spiro atoms. The van der Waals surface area contributed by atoms with Crippen LogP contribution in [0.2, 0.25) is 0 Å². The van der Waals surface area contributed by atoms with E-state index in [4.69, 9.17) is 4.74 Å². The predicted molar refractivity (Wildman–Crippen MR) is 120 cm³/mol. The highest BCUT2D eigenvalue weighted by Gasteiger charge is 2.16. The number of pyridine rings is 1. The fourth-order valence-electron chi connectivity index (χ4n) is 3.60. The van der Waals surface area contributed by atoms with Crippen LogP contribution in [0.3, 0.4) is 0 Å². The van der Waals surface area contributed by atoms with Crippen LogP contribution >= 0.6 is 0 Å². The zero-order valence-electron chi connectivity index (χ0n) is 18.3. The number of nitrogens with zero attached hydrogens (tertiary/aromatic N) is 6. The second-order valence-electron chi connectivity index (χ2n) is 7.60. The van der Waals surface area contributed by atoms with E-state index < -0.39 is 0 Å². The minimum Gasteiger partial charge on any atom is -0.489 e. The van der Waals surface area contributed by atoms with Gasteiger partial charge in [0.15, 0.2) is 0 Å². The number of aryl methyl sites for hydroxylation is 4. The highest BCUT2D eigenvalue weighted by Crippen LogP contribution is 2.31. The van der Waals surface area contributed by atoms with Crippen LogP contribution in [0.15, 0.2) is 53.5 Å². The number of hydrogen-bond donors (Lipinski definition) is 0. The lowest BCUT2D eigenvalue weighted by molar-refractivity contribution is 0.302. The Kier molecular flexibility index (Phi) is 5.56. The Morgan fingerprint density at radius 2 is 1.84 bits per heavy atom. The largest absolute Gasteiger partial charge is 0.489 e. The number of aromatic nitrogens is 5. The van der Waals surface area contributed by atoms with E-state index in [2.05, 4.69) is 21.5 Å². The van der Waals surface area contributed by atoms with Crippen molar-refractivity contribution >= 4 is 0 Å². The monoisotopic (exact) mass is 426 g/mol. The highest BCUT2D eigenvalue weighted by molar-refractivity contribution is 5.71. The lowest BCUT2D eigenvalue weighted by Gasteiger charge is -2.16. The Morgan fingerprint density at radius 1 is 1.03 bits per heavy atom. The Labute approximate surface area is 185 Å². The SMILES string of the molecule is Cc1cc(-c2ncccc2C#N)c(C)cc1OCc1c(C)cccc1-n1nnn(C)c1=O.